The number of rotatable bonds is 6. The van der Waals surface area contributed by atoms with Crippen LogP contribution in [0.2, 0.25) is 0 Å². The predicted molar refractivity (Wildman–Crippen MR) is 181 cm³/mol. The van der Waals surface area contributed by atoms with Gasteiger partial charge in [0, 0.05) is 21.0 Å². The minimum Gasteiger partial charge on any atom is -0.491 e. The monoisotopic (exact) mass is 646 g/mol. The van der Waals surface area contributed by atoms with Crippen LogP contribution in [0.3, 0.4) is 0 Å². The van der Waals surface area contributed by atoms with Crippen LogP contribution in [0.15, 0.2) is 123 Å². The second-order valence-corrected chi connectivity index (χ2v) is 14.6. The number of aliphatic hydroxyl groups is 1. The number of nitrogens with one attached hydrogen (secondary N) is 2. The molecule has 0 unspecified atom stereocenters. The molecule has 0 amide bonds. The topological polar surface area (TPSA) is 123 Å². The Hall–Kier alpha value is -4.32. The van der Waals surface area contributed by atoms with Crippen molar-refractivity contribution < 1.29 is 9.43 Å². The van der Waals surface area contributed by atoms with Crippen LogP contribution in [-0.4, -0.2) is 60.0 Å². The minimum atomic E-state index is -2.72. The Morgan fingerprint density at radius 3 is 1.89 bits per heavy atom. The van der Waals surface area contributed by atoms with Crippen molar-refractivity contribution in [2.45, 2.75) is 19.0 Å². The quantitative estimate of drug-likeness (QED) is 0.125. The SMILES string of the molecule is CSC1=NNC(C)=C(O)N1N/C(=N\n1c(SC)nnc(C)c1=O)[N+](C)=P(c1ccccc1)(c1ccccc1)c1ccccc1. The van der Waals surface area contributed by atoms with Gasteiger partial charge in [-0.25, -0.2) is 4.33 Å². The van der Waals surface area contributed by atoms with Crippen LogP contribution >= 0.6 is 30.6 Å². The van der Waals surface area contributed by atoms with Crippen LogP contribution in [-0.2, 0) is 0 Å². The highest BCUT2D eigenvalue weighted by Crippen LogP contribution is 2.45. The summed E-state index contributed by atoms with van der Waals surface area (Å²) in [7, 11) is -0.776. The van der Waals surface area contributed by atoms with Crippen molar-refractivity contribution in [1.29, 1.82) is 0 Å². The van der Waals surface area contributed by atoms with E-state index in [4.69, 9.17) is 5.10 Å². The molecular formula is C30H33N9O2PS2+. The third-order valence-electron chi connectivity index (χ3n) is 6.94. The molecule has 0 spiro atoms. The number of nitrogens with zero attached hydrogens (tertiary/aromatic N) is 7. The lowest BCUT2D eigenvalue weighted by molar-refractivity contribution is -0.354. The largest absolute Gasteiger partial charge is 0.491 e. The third-order valence-corrected chi connectivity index (χ3v) is 12.4. The summed E-state index contributed by atoms with van der Waals surface area (Å²) in [5.41, 5.74) is 6.41. The average Bonchev–Trinajstić information content (AvgIpc) is 3.06. The first-order valence-corrected chi connectivity index (χ1v) is 17.8. The standard InChI is InChI=1S/C30H32N9O2PS2/c1-21-26(40)38(29(43-4)33-31-21)35-28(36-39-27(41)22(2)32-34-30(39)44-5)37(3)42(23-15-9-6-10-16-23,24-17-11-7-12-18-24)25-19-13-8-14-20-25/h6-20H,1-5H3,(H2-,31,32,35,36,40,41)/p+1. The van der Waals surface area contributed by atoms with Gasteiger partial charge in [-0.1, -0.05) is 115 Å². The maximum absolute atomic E-state index is 13.5. The maximum atomic E-state index is 13.5. The molecule has 226 valence electrons. The number of hydrazine groups is 1. The summed E-state index contributed by atoms with van der Waals surface area (Å²) in [6.07, 6.45) is 3.66. The summed E-state index contributed by atoms with van der Waals surface area (Å²) in [5, 5.41) is 34.2. The summed E-state index contributed by atoms with van der Waals surface area (Å²) in [5.74, 6) is 0.178. The van der Waals surface area contributed by atoms with Gasteiger partial charge in [0.1, 0.15) is 5.69 Å². The van der Waals surface area contributed by atoms with Gasteiger partial charge in [0.2, 0.25) is 16.2 Å². The van der Waals surface area contributed by atoms with Crippen molar-refractivity contribution in [3.05, 3.63) is 119 Å². The fourth-order valence-corrected chi connectivity index (χ4v) is 9.76. The van der Waals surface area contributed by atoms with Crippen LogP contribution in [0, 0.1) is 6.92 Å². The molecule has 0 saturated carbocycles. The number of thioether (sulfide) groups is 2. The molecule has 1 aliphatic heterocycles. The van der Waals surface area contributed by atoms with E-state index in [1.165, 1.54) is 33.2 Å². The molecule has 0 radical (unpaired) electrons. The van der Waals surface area contributed by atoms with Crippen LogP contribution in [0.1, 0.15) is 12.6 Å². The summed E-state index contributed by atoms with van der Waals surface area (Å²) in [6, 6.07) is 30.8. The van der Waals surface area contributed by atoms with Crippen molar-refractivity contribution in [2.75, 3.05) is 19.6 Å². The zero-order valence-corrected chi connectivity index (χ0v) is 27.4. The average molecular weight is 647 g/mol. The maximum Gasteiger partial charge on any atom is 0.433 e. The highest BCUT2D eigenvalue weighted by atomic mass is 32.2. The Labute approximate surface area is 264 Å². The predicted octanol–water partition coefficient (Wildman–Crippen LogP) is 3.40. The van der Waals surface area contributed by atoms with Crippen LogP contribution in [0.4, 0.5) is 0 Å². The number of hydrogen-bond acceptors (Lipinski definition) is 10. The number of benzene rings is 3. The molecule has 3 N–H and O–H groups in total. The number of guanidine groups is 1. The third kappa shape index (κ3) is 5.78. The van der Waals surface area contributed by atoms with Gasteiger partial charge in [-0.05, 0) is 26.4 Å². The van der Waals surface area contributed by atoms with E-state index in [1.807, 2.05) is 74.2 Å². The Bertz CT molecular complexity index is 1760. The molecule has 4 aromatic rings. The van der Waals surface area contributed by atoms with Gasteiger partial charge in [-0.3, -0.25) is 10.2 Å². The summed E-state index contributed by atoms with van der Waals surface area (Å²) >= 11 is 2.58. The molecule has 0 aliphatic carbocycles. The number of aliphatic hydroxyl groups excluding tert-OH is 1. The van der Waals surface area contributed by atoms with Gasteiger partial charge in [-0.2, -0.15) is 5.43 Å². The van der Waals surface area contributed by atoms with Gasteiger partial charge >= 0.3 is 11.5 Å². The Morgan fingerprint density at radius 1 is 0.886 bits per heavy atom. The molecule has 5 rings (SSSR count). The molecular weight excluding hydrogens is 613 g/mol. The summed E-state index contributed by atoms with van der Waals surface area (Å²) < 4.78 is 3.31. The van der Waals surface area contributed by atoms with Gasteiger partial charge in [0.05, 0.1) is 19.8 Å². The van der Waals surface area contributed by atoms with E-state index in [9.17, 15) is 9.90 Å². The summed E-state index contributed by atoms with van der Waals surface area (Å²) in [4.78, 5) is 13.5. The number of aryl methyl sites for hydroxylation is 1. The van der Waals surface area contributed by atoms with E-state index in [1.54, 1.807) is 13.8 Å². The molecule has 44 heavy (non-hydrogen) atoms. The van der Waals surface area contributed by atoms with Crippen LogP contribution < -0.4 is 32.3 Å². The second kappa shape index (κ2) is 13.5. The summed E-state index contributed by atoms with van der Waals surface area (Å²) in [6.45, 7) is 3.32. The smallest absolute Gasteiger partial charge is 0.433 e. The molecule has 3 aromatic carbocycles. The van der Waals surface area contributed by atoms with Crippen LogP contribution in [0.5, 0.6) is 0 Å². The Kier molecular flexibility index (Phi) is 9.58. The lowest BCUT2D eigenvalue weighted by atomic mass is 10.4. The minimum absolute atomic E-state index is 0.0880. The van der Waals surface area contributed by atoms with Gasteiger partial charge < -0.3 is 5.11 Å². The van der Waals surface area contributed by atoms with E-state index in [0.29, 0.717) is 16.0 Å². The van der Waals surface area contributed by atoms with E-state index in [0.717, 1.165) is 15.9 Å². The fourth-order valence-electron chi connectivity index (χ4n) is 4.78. The molecule has 14 heteroatoms. The molecule has 0 atom stereocenters. The molecule has 2 heterocycles. The molecule has 0 saturated heterocycles. The number of amidine groups is 1. The zero-order chi connectivity index (χ0) is 31.3. The van der Waals surface area contributed by atoms with Gasteiger partial charge in [0.25, 0.3) is 0 Å². The van der Waals surface area contributed by atoms with E-state index in [-0.39, 0.29) is 17.5 Å². The number of hydrazone groups is 1. The normalized spacial score (nSPS) is 13.8. The van der Waals surface area contributed by atoms with E-state index in [2.05, 4.69) is 66.9 Å². The fraction of sp³-hybridized carbons (Fsp3) is 0.167. The number of allylic oxidation sites excluding steroid dienone is 1. The van der Waals surface area contributed by atoms with Crippen molar-refractivity contribution in [1.82, 2.24) is 30.7 Å². The van der Waals surface area contributed by atoms with Crippen molar-refractivity contribution in [2.24, 2.45) is 10.2 Å². The molecule has 1 aromatic heterocycles. The van der Waals surface area contributed by atoms with Crippen molar-refractivity contribution in [3.63, 3.8) is 0 Å². The zero-order valence-electron chi connectivity index (χ0n) is 24.9. The Morgan fingerprint density at radius 2 is 1.41 bits per heavy atom. The van der Waals surface area contributed by atoms with Gasteiger partial charge in [0.15, 0.2) is 0 Å². The Balaban J connectivity index is 1.95. The molecule has 11 nitrogen and oxygen atoms in total. The van der Waals surface area contributed by atoms with E-state index < -0.39 is 12.6 Å². The highest BCUT2D eigenvalue weighted by molar-refractivity contribution is 8.13. The van der Waals surface area contributed by atoms with Crippen LogP contribution in [0.25, 0.3) is 0 Å². The van der Waals surface area contributed by atoms with Crippen molar-refractivity contribution >= 4 is 57.6 Å². The van der Waals surface area contributed by atoms with Gasteiger partial charge in [-0.15, -0.1) is 25.0 Å². The number of hydrogen-bond donors (Lipinski definition) is 3. The molecule has 1 aliphatic rings. The van der Waals surface area contributed by atoms with E-state index >= 15 is 0 Å². The lowest BCUT2D eigenvalue weighted by Gasteiger charge is -2.31. The second-order valence-electron chi connectivity index (χ2n) is 9.58. The lowest BCUT2D eigenvalue weighted by Crippen LogP contribution is -2.52. The first-order valence-electron chi connectivity index (χ1n) is 13.6. The molecule has 0 bridgehead atoms. The first kappa shape index (κ1) is 31.1. The highest BCUT2D eigenvalue weighted by Gasteiger charge is 2.37. The van der Waals surface area contributed by atoms with Crippen molar-refractivity contribution in [3.8, 4) is 0 Å². The molecule has 0 fully saturated rings. The first-order chi connectivity index (χ1) is 21.3. The number of aromatic nitrogens is 3.